The maximum Gasteiger partial charge on any atom is 0.0576 e. The number of nitrogens with one attached hydrogen (secondary N) is 1. The standard InChI is InChI=1S/C16H33NO/c1-4-6-11-16(5-2,14-17-3)12-7-9-15-10-8-13-18-15/h15,17H,4-14H2,1-3H3. The molecule has 0 saturated carbocycles. The van der Waals surface area contributed by atoms with Crippen LogP contribution in [0, 0.1) is 5.41 Å². The number of unbranched alkanes of at least 4 members (excludes halogenated alkanes) is 1. The van der Waals surface area contributed by atoms with Gasteiger partial charge in [-0.15, -0.1) is 0 Å². The Morgan fingerprint density at radius 2 is 2.00 bits per heavy atom. The Kier molecular flexibility index (Phi) is 7.92. The first-order chi connectivity index (χ1) is 8.76. The molecule has 1 saturated heterocycles. The molecule has 0 amide bonds. The van der Waals surface area contributed by atoms with Gasteiger partial charge < -0.3 is 10.1 Å². The van der Waals surface area contributed by atoms with Crippen molar-refractivity contribution in [3.63, 3.8) is 0 Å². The lowest BCUT2D eigenvalue weighted by molar-refractivity contribution is 0.0956. The Morgan fingerprint density at radius 3 is 2.56 bits per heavy atom. The zero-order valence-corrected chi connectivity index (χ0v) is 12.8. The smallest absolute Gasteiger partial charge is 0.0576 e. The van der Waals surface area contributed by atoms with Gasteiger partial charge in [-0.1, -0.05) is 33.1 Å². The van der Waals surface area contributed by atoms with Gasteiger partial charge in [0.05, 0.1) is 6.10 Å². The van der Waals surface area contributed by atoms with Crippen molar-refractivity contribution in [2.24, 2.45) is 5.41 Å². The Hall–Kier alpha value is -0.0800. The summed E-state index contributed by atoms with van der Waals surface area (Å²) < 4.78 is 5.73. The molecule has 1 fully saturated rings. The van der Waals surface area contributed by atoms with E-state index in [9.17, 15) is 0 Å². The highest BCUT2D eigenvalue weighted by atomic mass is 16.5. The molecule has 0 aromatic rings. The summed E-state index contributed by atoms with van der Waals surface area (Å²) in [4.78, 5) is 0. The van der Waals surface area contributed by atoms with Crippen molar-refractivity contribution in [3.05, 3.63) is 0 Å². The molecule has 0 radical (unpaired) electrons. The zero-order chi connectivity index (χ0) is 13.3. The van der Waals surface area contributed by atoms with Crippen LogP contribution in [0.1, 0.15) is 71.6 Å². The summed E-state index contributed by atoms with van der Waals surface area (Å²) in [6, 6.07) is 0. The molecule has 0 spiro atoms. The molecule has 1 N–H and O–H groups in total. The van der Waals surface area contributed by atoms with Crippen LogP contribution in [0.15, 0.2) is 0 Å². The SMILES string of the molecule is CCCCC(CC)(CCCC1CCCO1)CNC. The monoisotopic (exact) mass is 255 g/mol. The Balaban J connectivity index is 2.33. The fraction of sp³-hybridized carbons (Fsp3) is 1.00. The summed E-state index contributed by atoms with van der Waals surface area (Å²) in [7, 11) is 2.09. The molecule has 2 nitrogen and oxygen atoms in total. The summed E-state index contributed by atoms with van der Waals surface area (Å²) in [5, 5.41) is 3.42. The number of hydrogen-bond donors (Lipinski definition) is 1. The molecule has 18 heavy (non-hydrogen) atoms. The maximum absolute atomic E-state index is 5.73. The second-order valence-electron chi connectivity index (χ2n) is 6.01. The third-order valence-corrected chi connectivity index (χ3v) is 4.62. The van der Waals surface area contributed by atoms with Crippen LogP contribution >= 0.6 is 0 Å². The third-order valence-electron chi connectivity index (χ3n) is 4.62. The summed E-state index contributed by atoms with van der Waals surface area (Å²) >= 11 is 0. The Morgan fingerprint density at radius 1 is 1.22 bits per heavy atom. The topological polar surface area (TPSA) is 21.3 Å². The summed E-state index contributed by atoms with van der Waals surface area (Å²) in [5.74, 6) is 0. The van der Waals surface area contributed by atoms with Gasteiger partial charge in [-0.2, -0.15) is 0 Å². The minimum Gasteiger partial charge on any atom is -0.378 e. The van der Waals surface area contributed by atoms with Crippen LogP contribution in [0.2, 0.25) is 0 Å². The van der Waals surface area contributed by atoms with Gasteiger partial charge in [0.15, 0.2) is 0 Å². The second-order valence-corrected chi connectivity index (χ2v) is 6.01. The molecule has 2 atom stereocenters. The molecule has 0 aromatic carbocycles. The average Bonchev–Trinajstić information content (AvgIpc) is 2.89. The molecular weight excluding hydrogens is 222 g/mol. The van der Waals surface area contributed by atoms with Crippen LogP contribution in [-0.4, -0.2) is 26.3 Å². The molecule has 1 aliphatic heterocycles. The van der Waals surface area contributed by atoms with E-state index in [0.29, 0.717) is 11.5 Å². The highest BCUT2D eigenvalue weighted by Crippen LogP contribution is 2.34. The van der Waals surface area contributed by atoms with Crippen LogP contribution in [0.4, 0.5) is 0 Å². The first-order valence-corrected chi connectivity index (χ1v) is 8.02. The van der Waals surface area contributed by atoms with Gasteiger partial charge in [0.25, 0.3) is 0 Å². The highest BCUT2D eigenvalue weighted by molar-refractivity contribution is 4.80. The predicted molar refractivity (Wildman–Crippen MR) is 79.0 cm³/mol. The number of ether oxygens (including phenoxy) is 1. The summed E-state index contributed by atoms with van der Waals surface area (Å²) in [6.45, 7) is 6.83. The minimum absolute atomic E-state index is 0.531. The van der Waals surface area contributed by atoms with Gasteiger partial charge in [-0.25, -0.2) is 0 Å². The van der Waals surface area contributed by atoms with Crippen molar-refractivity contribution in [2.75, 3.05) is 20.2 Å². The van der Waals surface area contributed by atoms with Gasteiger partial charge in [-0.3, -0.25) is 0 Å². The van der Waals surface area contributed by atoms with E-state index >= 15 is 0 Å². The van der Waals surface area contributed by atoms with Crippen LogP contribution in [0.25, 0.3) is 0 Å². The molecule has 2 heteroatoms. The summed E-state index contributed by atoms with van der Waals surface area (Å²) in [5.41, 5.74) is 0.531. The molecule has 108 valence electrons. The molecule has 2 unspecified atom stereocenters. The lowest BCUT2D eigenvalue weighted by atomic mass is 9.75. The normalized spacial score (nSPS) is 23.2. The first-order valence-electron chi connectivity index (χ1n) is 8.02. The van der Waals surface area contributed by atoms with Crippen molar-refractivity contribution in [1.82, 2.24) is 5.32 Å². The van der Waals surface area contributed by atoms with E-state index < -0.39 is 0 Å². The third kappa shape index (κ3) is 5.27. The molecule has 0 aliphatic carbocycles. The van der Waals surface area contributed by atoms with E-state index in [-0.39, 0.29) is 0 Å². The highest BCUT2D eigenvalue weighted by Gasteiger charge is 2.27. The fourth-order valence-electron chi connectivity index (χ4n) is 3.28. The van der Waals surface area contributed by atoms with Gasteiger partial charge >= 0.3 is 0 Å². The van der Waals surface area contributed by atoms with E-state index in [1.807, 2.05) is 0 Å². The zero-order valence-electron chi connectivity index (χ0n) is 12.8. The predicted octanol–water partition coefficient (Wildman–Crippen LogP) is 4.14. The quantitative estimate of drug-likeness (QED) is 0.633. The lowest BCUT2D eigenvalue weighted by Crippen LogP contribution is -2.32. The van der Waals surface area contributed by atoms with Gasteiger partial charge in [0.2, 0.25) is 0 Å². The number of rotatable bonds is 10. The van der Waals surface area contributed by atoms with Crippen LogP contribution in [0.3, 0.4) is 0 Å². The second kappa shape index (κ2) is 8.92. The molecule has 1 aliphatic rings. The summed E-state index contributed by atoms with van der Waals surface area (Å²) in [6.07, 6.45) is 12.5. The lowest BCUT2D eigenvalue weighted by Gasteiger charge is -2.33. The van der Waals surface area contributed by atoms with E-state index in [1.165, 1.54) is 64.3 Å². The largest absolute Gasteiger partial charge is 0.378 e. The first kappa shape index (κ1) is 16.0. The molecule has 1 heterocycles. The average molecular weight is 255 g/mol. The van der Waals surface area contributed by atoms with Crippen molar-refractivity contribution in [1.29, 1.82) is 0 Å². The minimum atomic E-state index is 0.531. The fourth-order valence-corrected chi connectivity index (χ4v) is 3.28. The van der Waals surface area contributed by atoms with Gasteiger partial charge in [0, 0.05) is 13.2 Å². The molecule has 0 bridgehead atoms. The van der Waals surface area contributed by atoms with Crippen LogP contribution in [-0.2, 0) is 4.74 Å². The van der Waals surface area contributed by atoms with E-state index in [1.54, 1.807) is 0 Å². The van der Waals surface area contributed by atoms with E-state index in [2.05, 4.69) is 26.2 Å². The van der Waals surface area contributed by atoms with Crippen LogP contribution in [0.5, 0.6) is 0 Å². The van der Waals surface area contributed by atoms with E-state index in [4.69, 9.17) is 4.74 Å². The van der Waals surface area contributed by atoms with E-state index in [0.717, 1.165) is 6.61 Å². The molecular formula is C16H33NO. The van der Waals surface area contributed by atoms with Crippen molar-refractivity contribution in [2.45, 2.75) is 77.7 Å². The Bertz CT molecular complexity index is 201. The Labute approximate surface area is 114 Å². The maximum atomic E-state index is 5.73. The van der Waals surface area contributed by atoms with Crippen molar-refractivity contribution >= 4 is 0 Å². The van der Waals surface area contributed by atoms with Crippen molar-refractivity contribution in [3.8, 4) is 0 Å². The molecule has 0 aromatic heterocycles. The molecule has 1 rings (SSSR count). The number of hydrogen-bond acceptors (Lipinski definition) is 2. The van der Waals surface area contributed by atoms with Gasteiger partial charge in [-0.05, 0) is 51.0 Å². The van der Waals surface area contributed by atoms with Crippen molar-refractivity contribution < 1.29 is 4.74 Å². The van der Waals surface area contributed by atoms with Gasteiger partial charge in [0.1, 0.15) is 0 Å². The van der Waals surface area contributed by atoms with Crippen LogP contribution < -0.4 is 5.32 Å².